The predicted molar refractivity (Wildman–Crippen MR) is 57.0 cm³/mol. The lowest BCUT2D eigenvalue weighted by molar-refractivity contribution is 0.399. The average molecular weight is 219 g/mol. The first-order valence-electron chi connectivity index (χ1n) is 5.52. The Balaban J connectivity index is 2.05. The van der Waals surface area contributed by atoms with Crippen LogP contribution >= 0.6 is 0 Å². The molecule has 1 N–H and O–H groups in total. The van der Waals surface area contributed by atoms with Crippen molar-refractivity contribution < 1.29 is 4.52 Å². The highest BCUT2D eigenvalue weighted by atomic mass is 16.5. The zero-order valence-corrected chi connectivity index (χ0v) is 9.10. The van der Waals surface area contributed by atoms with Crippen LogP contribution in [0.25, 0.3) is 11.2 Å². The van der Waals surface area contributed by atoms with Crippen molar-refractivity contribution in [3.63, 3.8) is 0 Å². The molecule has 6 heteroatoms. The highest BCUT2D eigenvalue weighted by molar-refractivity contribution is 5.70. The highest BCUT2D eigenvalue weighted by Gasteiger charge is 2.23. The molecular weight excluding hydrogens is 206 g/mol. The first-order chi connectivity index (χ1) is 7.84. The Bertz CT molecular complexity index is 503. The van der Waals surface area contributed by atoms with E-state index in [1.807, 2.05) is 6.92 Å². The zero-order valence-electron chi connectivity index (χ0n) is 9.10. The van der Waals surface area contributed by atoms with Gasteiger partial charge >= 0.3 is 0 Å². The van der Waals surface area contributed by atoms with Gasteiger partial charge in [-0.3, -0.25) is 0 Å². The normalized spacial score (nSPS) is 18.1. The molecule has 0 atom stereocenters. The number of nitrogens with one attached hydrogen (secondary N) is 1. The maximum atomic E-state index is 5.15. The van der Waals surface area contributed by atoms with Crippen LogP contribution in [0, 0.1) is 6.92 Å². The molecule has 3 rings (SSSR count). The van der Waals surface area contributed by atoms with E-state index in [0.29, 0.717) is 17.5 Å². The molecule has 0 amide bonds. The molecule has 0 unspecified atom stereocenters. The van der Waals surface area contributed by atoms with Gasteiger partial charge in [-0.1, -0.05) is 5.16 Å². The van der Waals surface area contributed by atoms with Crippen molar-refractivity contribution in [1.29, 1.82) is 0 Å². The average Bonchev–Trinajstić information content (AvgIpc) is 2.73. The van der Waals surface area contributed by atoms with Crippen LogP contribution in [0.1, 0.15) is 30.3 Å². The van der Waals surface area contributed by atoms with E-state index < -0.39 is 0 Å². The second-order valence-electron chi connectivity index (χ2n) is 4.10. The summed E-state index contributed by atoms with van der Waals surface area (Å²) in [4.78, 5) is 4.36. The van der Waals surface area contributed by atoms with Gasteiger partial charge < -0.3 is 9.84 Å². The standard InChI is InChI=1S/C10H13N5O/c1-6-12-9-8(7-2-4-11-5-3-7)15-16-10(9)14-13-6/h7,11H,2-5H2,1H3. The Morgan fingerprint density at radius 3 is 2.88 bits per heavy atom. The lowest BCUT2D eigenvalue weighted by Gasteiger charge is -2.20. The minimum atomic E-state index is 0.429. The fraction of sp³-hybridized carbons (Fsp3) is 0.600. The maximum absolute atomic E-state index is 5.15. The van der Waals surface area contributed by atoms with Crippen LogP contribution in [0.5, 0.6) is 0 Å². The van der Waals surface area contributed by atoms with Gasteiger partial charge in [0, 0.05) is 5.92 Å². The molecule has 84 valence electrons. The fourth-order valence-electron chi connectivity index (χ4n) is 2.12. The van der Waals surface area contributed by atoms with Gasteiger partial charge in [0.1, 0.15) is 11.5 Å². The van der Waals surface area contributed by atoms with Crippen molar-refractivity contribution in [3.8, 4) is 0 Å². The van der Waals surface area contributed by atoms with Gasteiger partial charge in [0.2, 0.25) is 0 Å². The highest BCUT2D eigenvalue weighted by Crippen LogP contribution is 2.28. The maximum Gasteiger partial charge on any atom is 0.295 e. The SMILES string of the molecule is Cc1nnc2onc(C3CCNCC3)c2n1. The minimum absolute atomic E-state index is 0.429. The molecule has 0 aromatic carbocycles. The largest absolute Gasteiger partial charge is 0.332 e. The van der Waals surface area contributed by atoms with Crippen molar-refractivity contribution in [2.24, 2.45) is 0 Å². The minimum Gasteiger partial charge on any atom is -0.332 e. The van der Waals surface area contributed by atoms with Crippen LogP contribution in [0.15, 0.2) is 4.52 Å². The van der Waals surface area contributed by atoms with E-state index in [2.05, 4.69) is 25.7 Å². The Labute approximate surface area is 92.4 Å². The molecule has 16 heavy (non-hydrogen) atoms. The summed E-state index contributed by atoms with van der Waals surface area (Å²) in [5.41, 5.74) is 2.16. The number of fused-ring (bicyclic) bond motifs is 1. The Morgan fingerprint density at radius 1 is 1.25 bits per heavy atom. The summed E-state index contributed by atoms with van der Waals surface area (Å²) < 4.78 is 5.15. The number of hydrogen-bond acceptors (Lipinski definition) is 6. The summed E-state index contributed by atoms with van der Waals surface area (Å²) in [6.07, 6.45) is 2.15. The molecule has 1 fully saturated rings. The van der Waals surface area contributed by atoms with Gasteiger partial charge in [0.25, 0.3) is 5.71 Å². The van der Waals surface area contributed by atoms with Crippen molar-refractivity contribution in [1.82, 2.24) is 25.7 Å². The molecule has 0 spiro atoms. The molecule has 6 nitrogen and oxygen atoms in total. The van der Waals surface area contributed by atoms with E-state index in [4.69, 9.17) is 4.52 Å². The van der Waals surface area contributed by atoms with Gasteiger partial charge in [-0.05, 0) is 32.9 Å². The van der Waals surface area contributed by atoms with Gasteiger partial charge in [-0.25, -0.2) is 4.98 Å². The molecule has 0 bridgehead atoms. The lowest BCUT2D eigenvalue weighted by atomic mass is 9.94. The summed E-state index contributed by atoms with van der Waals surface area (Å²) in [6, 6.07) is 0. The van der Waals surface area contributed by atoms with E-state index >= 15 is 0 Å². The number of piperidine rings is 1. The van der Waals surface area contributed by atoms with Crippen molar-refractivity contribution in [2.75, 3.05) is 13.1 Å². The van der Waals surface area contributed by atoms with Crippen LogP contribution in [0.4, 0.5) is 0 Å². The Hall–Kier alpha value is -1.56. The number of rotatable bonds is 1. The fourth-order valence-corrected chi connectivity index (χ4v) is 2.12. The molecule has 0 radical (unpaired) electrons. The van der Waals surface area contributed by atoms with Crippen molar-refractivity contribution >= 4 is 11.2 Å². The second-order valence-corrected chi connectivity index (χ2v) is 4.10. The topological polar surface area (TPSA) is 76.7 Å². The van der Waals surface area contributed by atoms with Crippen molar-refractivity contribution in [3.05, 3.63) is 11.5 Å². The summed E-state index contributed by atoms with van der Waals surface area (Å²) in [7, 11) is 0. The molecule has 0 aliphatic carbocycles. The first kappa shape index (κ1) is 9.65. The van der Waals surface area contributed by atoms with Crippen LogP contribution in [-0.2, 0) is 0 Å². The summed E-state index contributed by atoms with van der Waals surface area (Å²) in [5, 5.41) is 15.2. The third-order valence-electron chi connectivity index (χ3n) is 2.96. The van der Waals surface area contributed by atoms with Crippen LogP contribution in [-0.4, -0.2) is 33.4 Å². The van der Waals surface area contributed by atoms with Gasteiger partial charge in [-0.15, -0.1) is 10.2 Å². The smallest absolute Gasteiger partial charge is 0.295 e. The second kappa shape index (κ2) is 3.79. The third kappa shape index (κ3) is 1.55. The first-order valence-corrected chi connectivity index (χ1v) is 5.52. The number of nitrogens with zero attached hydrogens (tertiary/aromatic N) is 4. The van der Waals surface area contributed by atoms with E-state index in [1.54, 1.807) is 0 Å². The monoisotopic (exact) mass is 219 g/mol. The number of hydrogen-bond donors (Lipinski definition) is 1. The predicted octanol–water partition coefficient (Wildman–Crippen LogP) is 0.788. The Kier molecular flexibility index (Phi) is 2.28. The molecular formula is C10H13N5O. The zero-order chi connectivity index (χ0) is 11.0. The van der Waals surface area contributed by atoms with E-state index in [9.17, 15) is 0 Å². The van der Waals surface area contributed by atoms with Crippen LogP contribution in [0.3, 0.4) is 0 Å². The quantitative estimate of drug-likeness (QED) is 0.764. The molecule has 0 saturated carbocycles. The van der Waals surface area contributed by atoms with Crippen LogP contribution < -0.4 is 5.32 Å². The Morgan fingerprint density at radius 2 is 2.06 bits per heavy atom. The lowest BCUT2D eigenvalue weighted by Crippen LogP contribution is -2.26. The molecule has 2 aromatic heterocycles. The molecule has 1 saturated heterocycles. The van der Waals surface area contributed by atoms with Gasteiger partial charge in [0.05, 0.1) is 0 Å². The van der Waals surface area contributed by atoms with Crippen molar-refractivity contribution in [2.45, 2.75) is 25.7 Å². The number of aryl methyl sites for hydroxylation is 1. The summed E-state index contributed by atoms with van der Waals surface area (Å²) >= 11 is 0. The molecule has 1 aliphatic heterocycles. The molecule has 3 heterocycles. The van der Waals surface area contributed by atoms with Crippen LogP contribution in [0.2, 0.25) is 0 Å². The number of aromatic nitrogens is 4. The molecule has 1 aliphatic rings. The van der Waals surface area contributed by atoms with E-state index in [-0.39, 0.29) is 0 Å². The summed E-state index contributed by atoms with van der Waals surface area (Å²) in [6.45, 7) is 3.87. The molecule has 2 aromatic rings. The van der Waals surface area contributed by atoms with E-state index in [1.165, 1.54) is 0 Å². The summed E-state index contributed by atoms with van der Waals surface area (Å²) in [5.74, 6) is 1.09. The van der Waals surface area contributed by atoms with Gasteiger partial charge in [-0.2, -0.15) is 0 Å². The third-order valence-corrected chi connectivity index (χ3v) is 2.96. The van der Waals surface area contributed by atoms with Gasteiger partial charge in [0.15, 0.2) is 5.52 Å². The van der Waals surface area contributed by atoms with E-state index in [0.717, 1.165) is 37.1 Å².